The fraction of sp³-hybridized carbons (Fsp3) is 0.214. The molecule has 35 heavy (non-hydrogen) atoms. The summed E-state index contributed by atoms with van der Waals surface area (Å²) in [6.07, 6.45) is 1.79. The van der Waals surface area contributed by atoms with Gasteiger partial charge in [0.15, 0.2) is 5.11 Å². The van der Waals surface area contributed by atoms with Crippen LogP contribution in [0, 0.1) is 26.6 Å². The van der Waals surface area contributed by atoms with Crippen LogP contribution in [0.1, 0.15) is 40.3 Å². The van der Waals surface area contributed by atoms with Crippen LogP contribution in [0.4, 0.5) is 10.1 Å². The molecule has 2 aromatic carbocycles. The van der Waals surface area contributed by atoms with E-state index in [0.717, 1.165) is 39.8 Å². The van der Waals surface area contributed by atoms with E-state index in [2.05, 4.69) is 45.7 Å². The van der Waals surface area contributed by atoms with Gasteiger partial charge in [0, 0.05) is 35.0 Å². The summed E-state index contributed by atoms with van der Waals surface area (Å²) < 4.78 is 21.8. The first-order chi connectivity index (χ1) is 16.9. The van der Waals surface area contributed by atoms with E-state index in [1.807, 2.05) is 42.5 Å². The number of hydrogen-bond donors (Lipinski definition) is 1. The molecule has 2 atom stereocenters. The molecule has 1 aliphatic rings. The van der Waals surface area contributed by atoms with Crippen molar-refractivity contribution in [3.05, 3.63) is 107 Å². The van der Waals surface area contributed by atoms with Crippen molar-refractivity contribution in [2.75, 3.05) is 12.0 Å². The first-order valence-electron chi connectivity index (χ1n) is 11.5. The van der Waals surface area contributed by atoms with Crippen LogP contribution in [0.2, 0.25) is 0 Å². The Morgan fingerprint density at radius 1 is 0.971 bits per heavy atom. The number of pyridine rings is 1. The van der Waals surface area contributed by atoms with E-state index in [4.69, 9.17) is 17.0 Å². The molecule has 1 aliphatic heterocycles. The lowest BCUT2D eigenvalue weighted by Gasteiger charge is -2.28. The van der Waals surface area contributed by atoms with Gasteiger partial charge in [0.25, 0.3) is 0 Å². The summed E-state index contributed by atoms with van der Waals surface area (Å²) in [5.41, 5.74) is 6.65. The van der Waals surface area contributed by atoms with Gasteiger partial charge in [-0.25, -0.2) is 4.39 Å². The number of hydrogen-bond acceptors (Lipinski definition) is 3. The molecule has 7 heteroatoms. The zero-order chi connectivity index (χ0) is 24.7. The fourth-order valence-corrected chi connectivity index (χ4v) is 5.31. The molecule has 0 saturated carbocycles. The monoisotopic (exact) mass is 486 g/mol. The van der Waals surface area contributed by atoms with Crippen LogP contribution in [-0.4, -0.2) is 21.8 Å². The normalized spacial score (nSPS) is 17.5. The van der Waals surface area contributed by atoms with Crippen LogP contribution >= 0.6 is 12.2 Å². The molecule has 2 aromatic heterocycles. The summed E-state index contributed by atoms with van der Waals surface area (Å²) in [6.45, 7) is 5.98. The molecule has 0 bridgehead atoms. The Bertz CT molecular complexity index is 1400. The number of methoxy groups -OCH3 is 1. The number of aryl methyl sites for hydroxylation is 2. The molecule has 4 aromatic rings. The first kappa shape index (κ1) is 23.1. The predicted octanol–water partition coefficient (Wildman–Crippen LogP) is 6.12. The highest BCUT2D eigenvalue weighted by Gasteiger charge is 2.42. The third kappa shape index (κ3) is 4.06. The summed E-state index contributed by atoms with van der Waals surface area (Å²) in [5.74, 6) is 0.566. The Labute approximate surface area is 210 Å². The summed E-state index contributed by atoms with van der Waals surface area (Å²) in [7, 11) is 1.67. The van der Waals surface area contributed by atoms with Gasteiger partial charge in [-0.05, 0) is 92.6 Å². The van der Waals surface area contributed by atoms with Gasteiger partial charge in [-0.3, -0.25) is 4.98 Å². The van der Waals surface area contributed by atoms with Crippen molar-refractivity contribution in [2.45, 2.75) is 32.9 Å². The molecule has 5 rings (SSSR count). The molecule has 3 heterocycles. The molecule has 0 spiro atoms. The quantitative estimate of drug-likeness (QED) is 0.344. The molecule has 0 aliphatic carbocycles. The summed E-state index contributed by atoms with van der Waals surface area (Å²) in [6, 6.07) is 20.9. The predicted molar refractivity (Wildman–Crippen MR) is 141 cm³/mol. The maximum Gasteiger partial charge on any atom is 0.174 e. The Hall–Kier alpha value is -3.71. The molecule has 178 valence electrons. The number of nitrogens with zero attached hydrogens (tertiary/aromatic N) is 3. The highest BCUT2D eigenvalue weighted by Crippen LogP contribution is 2.44. The van der Waals surface area contributed by atoms with Gasteiger partial charge in [0.05, 0.1) is 24.9 Å². The lowest BCUT2D eigenvalue weighted by atomic mass is 9.96. The number of rotatable bonds is 5. The van der Waals surface area contributed by atoms with Crippen molar-refractivity contribution in [1.29, 1.82) is 0 Å². The zero-order valence-electron chi connectivity index (χ0n) is 20.1. The second kappa shape index (κ2) is 9.15. The van der Waals surface area contributed by atoms with E-state index in [1.165, 1.54) is 6.07 Å². The van der Waals surface area contributed by atoms with Crippen LogP contribution in [-0.2, 0) is 0 Å². The minimum Gasteiger partial charge on any atom is -0.497 e. The number of nitrogens with one attached hydrogen (secondary N) is 1. The molecule has 5 nitrogen and oxygen atoms in total. The molecule has 1 N–H and O–H groups in total. The Morgan fingerprint density at radius 2 is 1.80 bits per heavy atom. The van der Waals surface area contributed by atoms with Gasteiger partial charge in [0.2, 0.25) is 0 Å². The SMILES string of the molecule is COc1cccc(-n2c(C)cc([C@H]3[C@H](c4ccccn4)NC(=S)N3c3ccc(F)c(C)c3)c2C)c1. The average Bonchev–Trinajstić information content (AvgIpc) is 3.36. The van der Waals surface area contributed by atoms with Crippen LogP contribution in [0.5, 0.6) is 5.75 Å². The number of halogens is 1. The Morgan fingerprint density at radius 3 is 2.51 bits per heavy atom. The van der Waals surface area contributed by atoms with Crippen LogP contribution in [0.3, 0.4) is 0 Å². The number of benzene rings is 2. The fourth-order valence-electron chi connectivity index (χ4n) is 4.96. The number of ether oxygens (including phenoxy) is 1. The third-order valence-corrected chi connectivity index (χ3v) is 6.93. The van der Waals surface area contributed by atoms with E-state index in [-0.39, 0.29) is 17.9 Å². The topological polar surface area (TPSA) is 42.3 Å². The van der Waals surface area contributed by atoms with E-state index >= 15 is 0 Å². The minimum absolute atomic E-state index is 0.173. The van der Waals surface area contributed by atoms with E-state index in [9.17, 15) is 4.39 Å². The van der Waals surface area contributed by atoms with Crippen LogP contribution in [0.25, 0.3) is 5.69 Å². The Kier molecular flexibility index (Phi) is 6.03. The van der Waals surface area contributed by atoms with Crippen LogP contribution < -0.4 is 15.0 Å². The summed E-state index contributed by atoms with van der Waals surface area (Å²) in [4.78, 5) is 6.72. The molecule has 1 saturated heterocycles. The highest BCUT2D eigenvalue weighted by atomic mass is 32.1. The van der Waals surface area contributed by atoms with Gasteiger partial charge < -0.3 is 19.5 Å². The third-order valence-electron chi connectivity index (χ3n) is 6.62. The molecule has 0 amide bonds. The first-order valence-corrected chi connectivity index (χ1v) is 11.9. The standard InChI is InChI=1S/C28H27FN4OS/c1-17-14-21(11-12-24(17)29)33-27(26(31-28(33)35)25-10-5-6-13-30-25)23-15-18(2)32(19(23)3)20-8-7-9-22(16-20)34-4/h5-16,26-27H,1-4H3,(H,31,35)/t26-,27-/m0/s1. The van der Waals surface area contributed by atoms with Crippen molar-refractivity contribution in [2.24, 2.45) is 0 Å². The lowest BCUT2D eigenvalue weighted by molar-refractivity contribution is 0.414. The maximum atomic E-state index is 14.1. The summed E-state index contributed by atoms with van der Waals surface area (Å²) >= 11 is 5.83. The number of anilines is 1. The number of thiocarbonyl (C=S) groups is 1. The average molecular weight is 487 g/mol. The maximum absolute atomic E-state index is 14.1. The smallest absolute Gasteiger partial charge is 0.174 e. The molecule has 0 unspecified atom stereocenters. The van der Waals surface area contributed by atoms with Gasteiger partial charge in [-0.2, -0.15) is 0 Å². The van der Waals surface area contributed by atoms with Crippen molar-refractivity contribution < 1.29 is 9.13 Å². The lowest BCUT2D eigenvalue weighted by Crippen LogP contribution is -2.29. The molecule has 1 fully saturated rings. The van der Waals surface area contributed by atoms with Gasteiger partial charge in [0.1, 0.15) is 11.6 Å². The Balaban J connectivity index is 1.68. The molecular formula is C28H27FN4OS. The highest BCUT2D eigenvalue weighted by molar-refractivity contribution is 7.80. The van der Waals surface area contributed by atoms with Crippen LogP contribution in [0.15, 0.2) is 72.9 Å². The minimum atomic E-state index is -0.235. The van der Waals surface area contributed by atoms with Gasteiger partial charge in [-0.1, -0.05) is 12.1 Å². The summed E-state index contributed by atoms with van der Waals surface area (Å²) in [5, 5.41) is 4.07. The second-order valence-electron chi connectivity index (χ2n) is 8.79. The number of aromatic nitrogens is 2. The van der Waals surface area contributed by atoms with Crippen molar-refractivity contribution in [3.8, 4) is 11.4 Å². The van der Waals surface area contributed by atoms with E-state index < -0.39 is 0 Å². The zero-order valence-corrected chi connectivity index (χ0v) is 20.9. The van der Waals surface area contributed by atoms with Crippen molar-refractivity contribution in [3.63, 3.8) is 0 Å². The van der Waals surface area contributed by atoms with E-state index in [0.29, 0.717) is 10.7 Å². The van der Waals surface area contributed by atoms with Crippen molar-refractivity contribution in [1.82, 2.24) is 14.9 Å². The second-order valence-corrected chi connectivity index (χ2v) is 9.18. The van der Waals surface area contributed by atoms with Crippen molar-refractivity contribution >= 4 is 23.0 Å². The molecular weight excluding hydrogens is 459 g/mol. The van der Waals surface area contributed by atoms with E-state index in [1.54, 1.807) is 26.3 Å². The largest absolute Gasteiger partial charge is 0.497 e. The van der Waals surface area contributed by atoms with Gasteiger partial charge >= 0.3 is 0 Å². The molecule has 0 radical (unpaired) electrons. The van der Waals surface area contributed by atoms with Gasteiger partial charge in [-0.15, -0.1) is 0 Å².